The Morgan fingerprint density at radius 3 is 2.88 bits per heavy atom. The first-order valence-electron chi connectivity index (χ1n) is 5.01. The van der Waals surface area contributed by atoms with Crippen LogP contribution in [0.25, 0.3) is 0 Å². The van der Waals surface area contributed by atoms with E-state index in [4.69, 9.17) is 5.84 Å². The van der Waals surface area contributed by atoms with Crippen LogP contribution >= 0.6 is 38.6 Å². The molecule has 2 nitrogen and oxygen atoms in total. The van der Waals surface area contributed by atoms with Crippen LogP contribution in [-0.2, 0) is 6.42 Å². The number of hydrazine groups is 1. The summed E-state index contributed by atoms with van der Waals surface area (Å²) in [4.78, 5) is 1.31. The van der Waals surface area contributed by atoms with Crippen molar-refractivity contribution in [3.8, 4) is 0 Å². The standard InChI is InChI=1S/C11H13BrN2S2/c1-2-7-3-4-16-11(7)10(14-13)8-5-15-6-9(8)12/h3-6,10,14H,2,13H2,1H3. The highest BCUT2D eigenvalue weighted by Gasteiger charge is 2.19. The maximum Gasteiger partial charge on any atom is 0.0824 e. The fourth-order valence-electron chi connectivity index (χ4n) is 1.70. The smallest absolute Gasteiger partial charge is 0.0824 e. The van der Waals surface area contributed by atoms with Crippen LogP contribution in [-0.4, -0.2) is 0 Å². The van der Waals surface area contributed by atoms with Crippen molar-refractivity contribution in [3.63, 3.8) is 0 Å². The number of rotatable bonds is 4. The van der Waals surface area contributed by atoms with E-state index < -0.39 is 0 Å². The molecule has 0 spiro atoms. The molecular weight excluding hydrogens is 304 g/mol. The number of nitrogens with one attached hydrogen (secondary N) is 1. The van der Waals surface area contributed by atoms with Gasteiger partial charge in [-0.1, -0.05) is 6.92 Å². The third-order valence-corrected chi connectivity index (χ3v) is 5.32. The van der Waals surface area contributed by atoms with E-state index in [-0.39, 0.29) is 6.04 Å². The predicted octanol–water partition coefficient (Wildman–Crippen LogP) is 3.69. The largest absolute Gasteiger partial charge is 0.271 e. The van der Waals surface area contributed by atoms with Crippen molar-refractivity contribution in [3.05, 3.63) is 42.7 Å². The molecule has 1 unspecified atom stereocenters. The van der Waals surface area contributed by atoms with Crippen LogP contribution in [0.2, 0.25) is 0 Å². The number of nitrogens with two attached hydrogens (primary N) is 1. The van der Waals surface area contributed by atoms with Crippen LogP contribution < -0.4 is 11.3 Å². The van der Waals surface area contributed by atoms with Gasteiger partial charge in [0.05, 0.1) is 6.04 Å². The van der Waals surface area contributed by atoms with Gasteiger partial charge in [0, 0.05) is 20.3 Å². The summed E-state index contributed by atoms with van der Waals surface area (Å²) in [6, 6.07) is 2.26. The van der Waals surface area contributed by atoms with Crippen molar-refractivity contribution in [2.75, 3.05) is 0 Å². The molecule has 0 aliphatic rings. The summed E-state index contributed by atoms with van der Waals surface area (Å²) in [5.41, 5.74) is 5.49. The van der Waals surface area contributed by atoms with Gasteiger partial charge in [0.1, 0.15) is 0 Å². The van der Waals surface area contributed by atoms with Gasteiger partial charge in [0.15, 0.2) is 0 Å². The molecular formula is C11H13BrN2S2. The monoisotopic (exact) mass is 316 g/mol. The molecule has 3 N–H and O–H groups in total. The minimum Gasteiger partial charge on any atom is -0.271 e. The van der Waals surface area contributed by atoms with Gasteiger partial charge >= 0.3 is 0 Å². The minimum absolute atomic E-state index is 0.0931. The second-order valence-corrected chi connectivity index (χ2v) is 5.98. The molecule has 0 amide bonds. The third-order valence-electron chi connectivity index (χ3n) is 2.54. The molecule has 1 atom stereocenters. The summed E-state index contributed by atoms with van der Waals surface area (Å²) in [6.07, 6.45) is 1.04. The lowest BCUT2D eigenvalue weighted by Crippen LogP contribution is -2.28. The van der Waals surface area contributed by atoms with Crippen LogP contribution in [0.5, 0.6) is 0 Å². The van der Waals surface area contributed by atoms with E-state index in [0.717, 1.165) is 10.9 Å². The van der Waals surface area contributed by atoms with Crippen molar-refractivity contribution in [1.29, 1.82) is 0 Å². The number of hydrogen-bond acceptors (Lipinski definition) is 4. The van der Waals surface area contributed by atoms with E-state index in [0.29, 0.717) is 0 Å². The predicted molar refractivity (Wildman–Crippen MR) is 74.9 cm³/mol. The molecule has 5 heteroatoms. The Labute approximate surface area is 112 Å². The van der Waals surface area contributed by atoms with Crippen molar-refractivity contribution < 1.29 is 0 Å². The highest BCUT2D eigenvalue weighted by atomic mass is 79.9. The number of halogens is 1. The molecule has 0 aromatic carbocycles. The maximum absolute atomic E-state index is 5.69. The van der Waals surface area contributed by atoms with Crippen molar-refractivity contribution in [2.24, 2.45) is 5.84 Å². The molecule has 0 aliphatic carbocycles. The summed E-state index contributed by atoms with van der Waals surface area (Å²) < 4.78 is 1.12. The lowest BCUT2D eigenvalue weighted by Gasteiger charge is -2.15. The molecule has 16 heavy (non-hydrogen) atoms. The van der Waals surface area contributed by atoms with Crippen LogP contribution in [0.1, 0.15) is 29.0 Å². The second kappa shape index (κ2) is 5.42. The molecule has 0 radical (unpaired) electrons. The Hall–Kier alpha value is -0.200. The fraction of sp³-hybridized carbons (Fsp3) is 0.273. The van der Waals surface area contributed by atoms with E-state index in [2.05, 4.69) is 50.5 Å². The average Bonchev–Trinajstić information content (AvgIpc) is 2.90. The average molecular weight is 317 g/mol. The number of aryl methyl sites for hydroxylation is 1. The summed E-state index contributed by atoms with van der Waals surface area (Å²) in [5, 5.41) is 6.34. The Kier molecular flexibility index (Phi) is 4.16. The van der Waals surface area contributed by atoms with Crippen molar-refractivity contribution >= 4 is 38.6 Å². The number of hydrogen-bond donors (Lipinski definition) is 2. The zero-order chi connectivity index (χ0) is 11.5. The van der Waals surface area contributed by atoms with Crippen molar-refractivity contribution in [2.45, 2.75) is 19.4 Å². The fourth-order valence-corrected chi connectivity index (χ4v) is 4.32. The van der Waals surface area contributed by atoms with Crippen LogP contribution in [0.4, 0.5) is 0 Å². The van der Waals surface area contributed by atoms with Crippen molar-refractivity contribution in [1.82, 2.24) is 5.43 Å². The van der Waals surface area contributed by atoms with Gasteiger partial charge in [-0.05, 0) is 44.7 Å². The van der Waals surface area contributed by atoms with Gasteiger partial charge in [-0.3, -0.25) is 5.84 Å². The molecule has 2 aromatic rings. The highest BCUT2D eigenvalue weighted by molar-refractivity contribution is 9.10. The van der Waals surface area contributed by atoms with Gasteiger partial charge in [0.2, 0.25) is 0 Å². The lowest BCUT2D eigenvalue weighted by atomic mass is 10.1. The summed E-state index contributed by atoms with van der Waals surface area (Å²) >= 11 is 7.00. The van der Waals surface area contributed by atoms with Gasteiger partial charge in [-0.2, -0.15) is 11.3 Å². The minimum atomic E-state index is 0.0931. The Morgan fingerprint density at radius 1 is 1.50 bits per heavy atom. The molecule has 0 fully saturated rings. The topological polar surface area (TPSA) is 38.0 Å². The SMILES string of the molecule is CCc1ccsc1C(NN)c1cscc1Br. The maximum atomic E-state index is 5.69. The van der Waals surface area contributed by atoms with Crippen LogP contribution in [0, 0.1) is 0 Å². The molecule has 2 rings (SSSR count). The zero-order valence-electron chi connectivity index (χ0n) is 8.87. The number of thiophene rings is 2. The molecule has 0 saturated heterocycles. The molecule has 86 valence electrons. The highest BCUT2D eigenvalue weighted by Crippen LogP contribution is 2.35. The third kappa shape index (κ3) is 2.24. The Bertz CT molecular complexity index is 464. The molecule has 2 aromatic heterocycles. The quantitative estimate of drug-likeness (QED) is 0.667. The first-order valence-corrected chi connectivity index (χ1v) is 7.63. The van der Waals surface area contributed by atoms with Gasteiger partial charge in [0.25, 0.3) is 0 Å². The lowest BCUT2D eigenvalue weighted by molar-refractivity contribution is 0.641. The van der Waals surface area contributed by atoms with Crippen LogP contribution in [0.15, 0.2) is 26.7 Å². The van der Waals surface area contributed by atoms with E-state index >= 15 is 0 Å². The van der Waals surface area contributed by atoms with Crippen LogP contribution in [0.3, 0.4) is 0 Å². The second-order valence-electron chi connectivity index (χ2n) is 3.44. The van der Waals surface area contributed by atoms with Gasteiger partial charge in [-0.15, -0.1) is 11.3 Å². The first-order chi connectivity index (χ1) is 7.77. The normalized spacial score (nSPS) is 12.9. The van der Waals surface area contributed by atoms with E-state index in [9.17, 15) is 0 Å². The summed E-state index contributed by atoms with van der Waals surface area (Å²) in [6.45, 7) is 2.17. The first kappa shape index (κ1) is 12.3. The summed E-state index contributed by atoms with van der Waals surface area (Å²) in [5.74, 6) is 5.69. The molecule has 0 bridgehead atoms. The van der Waals surface area contributed by atoms with Gasteiger partial charge < -0.3 is 0 Å². The Balaban J connectivity index is 2.40. The molecule has 0 saturated carbocycles. The van der Waals surface area contributed by atoms with E-state index in [1.54, 1.807) is 22.7 Å². The molecule has 0 aliphatic heterocycles. The molecule has 2 heterocycles. The van der Waals surface area contributed by atoms with E-state index in [1.165, 1.54) is 16.0 Å². The summed E-state index contributed by atoms with van der Waals surface area (Å²) in [7, 11) is 0. The van der Waals surface area contributed by atoms with Gasteiger partial charge in [-0.25, -0.2) is 5.43 Å². The Morgan fingerprint density at radius 2 is 2.31 bits per heavy atom. The van der Waals surface area contributed by atoms with E-state index in [1.807, 2.05) is 0 Å². The zero-order valence-corrected chi connectivity index (χ0v) is 12.1.